The number of likely N-dealkylation sites (tertiary alicyclic amines) is 1. The van der Waals surface area contributed by atoms with Crippen molar-refractivity contribution < 1.29 is 14.1 Å². The van der Waals surface area contributed by atoms with Crippen molar-refractivity contribution in [2.45, 2.75) is 81.9 Å². The Bertz CT molecular complexity index is 1690. The number of hydrogen-bond donors (Lipinski definition) is 1. The van der Waals surface area contributed by atoms with E-state index in [0.717, 1.165) is 67.7 Å². The largest absolute Gasteiger partial charge is 0.473 e. The van der Waals surface area contributed by atoms with Crippen molar-refractivity contribution >= 4 is 28.1 Å². The van der Waals surface area contributed by atoms with E-state index < -0.39 is 5.41 Å². The van der Waals surface area contributed by atoms with Crippen LogP contribution < -0.4 is 15.4 Å². The summed E-state index contributed by atoms with van der Waals surface area (Å²) in [6.07, 6.45) is 8.17. The van der Waals surface area contributed by atoms with E-state index in [1.807, 2.05) is 17.0 Å². The summed E-state index contributed by atoms with van der Waals surface area (Å²) in [5.41, 5.74) is 7.54. The summed E-state index contributed by atoms with van der Waals surface area (Å²) in [6.45, 7) is 10.9. The Balaban J connectivity index is 1.24. The number of anilines is 2. The molecule has 3 aromatic heterocycles. The number of aryl methyl sites for hydroxylation is 1. The lowest BCUT2D eigenvalue weighted by Crippen LogP contribution is -2.57. The number of nitrogen functional groups attached to an aromatic ring is 1. The first-order valence-corrected chi connectivity index (χ1v) is 16.7. The Morgan fingerprint density at radius 2 is 2.09 bits per heavy atom. The Labute approximate surface area is 267 Å². The number of amides is 1. The molecule has 0 radical (unpaired) electrons. The quantitative estimate of drug-likeness (QED) is 0.372. The summed E-state index contributed by atoms with van der Waals surface area (Å²) in [5, 5.41) is 15.0. The van der Waals surface area contributed by atoms with Gasteiger partial charge in [0.25, 0.3) is 0 Å². The predicted molar refractivity (Wildman–Crippen MR) is 172 cm³/mol. The first kappa shape index (κ1) is 29.7. The summed E-state index contributed by atoms with van der Waals surface area (Å²) >= 11 is 1.50. The number of nitrogens with zero attached hydrogens (tertiary/aromatic N) is 7. The second-order valence-electron chi connectivity index (χ2n) is 13.3. The van der Waals surface area contributed by atoms with Crippen LogP contribution in [-0.4, -0.2) is 81.7 Å². The number of hydrogen-bond acceptors (Lipinski definition) is 11. The van der Waals surface area contributed by atoms with E-state index >= 15 is 0 Å². The van der Waals surface area contributed by atoms with Crippen LogP contribution in [0.4, 0.5) is 10.8 Å². The van der Waals surface area contributed by atoms with Gasteiger partial charge in [0.2, 0.25) is 11.8 Å². The third-order valence-corrected chi connectivity index (χ3v) is 11.5. The van der Waals surface area contributed by atoms with Crippen molar-refractivity contribution in [2.24, 2.45) is 0 Å². The van der Waals surface area contributed by atoms with Gasteiger partial charge in [0, 0.05) is 42.7 Å². The fourth-order valence-electron chi connectivity index (χ4n) is 7.73. The Morgan fingerprint density at radius 3 is 2.80 bits per heavy atom. The first-order valence-electron chi connectivity index (χ1n) is 15.9. The number of carbonyl (C=O) groups is 1. The van der Waals surface area contributed by atoms with Gasteiger partial charge in [0.1, 0.15) is 28.8 Å². The molecule has 3 fully saturated rings. The molecule has 1 saturated carbocycles. The molecule has 7 rings (SSSR count). The maximum absolute atomic E-state index is 12.6. The topological polar surface area (TPSA) is 138 Å². The van der Waals surface area contributed by atoms with Gasteiger partial charge in [-0.1, -0.05) is 11.7 Å². The lowest BCUT2D eigenvalue weighted by atomic mass is 9.71. The van der Waals surface area contributed by atoms with Crippen LogP contribution in [0.3, 0.4) is 0 Å². The van der Waals surface area contributed by atoms with Crippen LogP contribution in [0.5, 0.6) is 5.88 Å². The third-order valence-electron chi connectivity index (χ3n) is 10.4. The van der Waals surface area contributed by atoms with Crippen LogP contribution in [0, 0.1) is 11.3 Å². The number of ether oxygens (including phenoxy) is 1. The number of carbonyl (C=O) groups excluding carboxylic acids is 1. The molecule has 4 aliphatic rings. The standard InChI is InChI=1S/C33H40N8O3S/c1-5-28(42)41-15-14-40(19-33(41)11-12-33)26-17-27(43-20(2)23-8-7-13-39(23)4)37-31(36-26)22-16-25(44-38-22)32(3)10-6-9-24-29(32)21(18-34)30(35)45-24/h5,16-17,20,23H,1,6-15,19,35H2,2-4H3/t20-,23-,32+/m0/s1. The van der Waals surface area contributed by atoms with Gasteiger partial charge in [-0.05, 0) is 84.0 Å². The smallest absolute Gasteiger partial charge is 0.246 e. The van der Waals surface area contributed by atoms with Gasteiger partial charge in [-0.25, -0.2) is 4.98 Å². The second-order valence-corrected chi connectivity index (χ2v) is 14.4. The molecule has 12 heteroatoms. The molecule has 0 bridgehead atoms. The van der Waals surface area contributed by atoms with E-state index in [2.05, 4.69) is 48.5 Å². The van der Waals surface area contributed by atoms with Crippen LogP contribution >= 0.6 is 11.3 Å². The number of thiophene rings is 1. The number of nitrogens with two attached hydrogens (primary N) is 1. The number of rotatable bonds is 7. The maximum atomic E-state index is 12.6. The van der Waals surface area contributed by atoms with Gasteiger partial charge in [0.05, 0.1) is 16.5 Å². The van der Waals surface area contributed by atoms with Crippen LogP contribution in [0.25, 0.3) is 11.5 Å². The summed E-state index contributed by atoms with van der Waals surface area (Å²) < 4.78 is 12.6. The van der Waals surface area contributed by atoms with Gasteiger partial charge in [-0.2, -0.15) is 10.2 Å². The minimum absolute atomic E-state index is 0.0181. The highest BCUT2D eigenvalue weighted by Gasteiger charge is 2.53. The van der Waals surface area contributed by atoms with Crippen LogP contribution in [-0.2, 0) is 16.6 Å². The minimum Gasteiger partial charge on any atom is -0.473 e. The van der Waals surface area contributed by atoms with E-state index in [1.165, 1.54) is 17.4 Å². The summed E-state index contributed by atoms with van der Waals surface area (Å²) in [7, 11) is 2.14. The molecule has 236 valence electrons. The molecule has 3 aromatic rings. The molecule has 2 aliphatic carbocycles. The van der Waals surface area contributed by atoms with Crippen molar-refractivity contribution in [1.29, 1.82) is 5.26 Å². The van der Waals surface area contributed by atoms with Gasteiger partial charge in [-0.15, -0.1) is 11.3 Å². The van der Waals surface area contributed by atoms with Crippen molar-refractivity contribution in [1.82, 2.24) is 24.9 Å². The van der Waals surface area contributed by atoms with E-state index in [1.54, 1.807) is 0 Å². The van der Waals surface area contributed by atoms with Gasteiger partial charge < -0.3 is 24.8 Å². The fraction of sp³-hybridized carbons (Fsp3) is 0.545. The van der Waals surface area contributed by atoms with E-state index in [0.29, 0.717) is 59.4 Å². The molecule has 1 amide bonds. The molecular weight excluding hydrogens is 588 g/mol. The summed E-state index contributed by atoms with van der Waals surface area (Å²) in [5.74, 6) is 2.30. The molecule has 45 heavy (non-hydrogen) atoms. The highest BCUT2D eigenvalue weighted by atomic mass is 32.1. The number of nitriles is 1. The van der Waals surface area contributed by atoms with Crippen LogP contribution in [0.2, 0.25) is 0 Å². The SMILES string of the molecule is C=CC(=O)N1CCN(c2cc(O[C@@H](C)[C@@H]3CCCN3C)nc(-c3cc([C@@]4(C)CCCc5sc(N)c(C#N)c54)on3)n2)CC12CC2. The Hall–Kier alpha value is -3.95. The van der Waals surface area contributed by atoms with E-state index in [9.17, 15) is 10.1 Å². The number of likely N-dealkylation sites (N-methyl/N-ethyl adjacent to an activating group) is 1. The summed E-state index contributed by atoms with van der Waals surface area (Å²) in [6, 6.07) is 6.46. The van der Waals surface area contributed by atoms with Crippen molar-refractivity contribution in [3.8, 4) is 23.5 Å². The van der Waals surface area contributed by atoms with Crippen molar-refractivity contribution in [3.63, 3.8) is 0 Å². The molecular formula is C33H40N8O3S. The molecule has 2 N–H and O–H groups in total. The lowest BCUT2D eigenvalue weighted by Gasteiger charge is -2.42. The Morgan fingerprint density at radius 1 is 1.27 bits per heavy atom. The predicted octanol–water partition coefficient (Wildman–Crippen LogP) is 4.52. The average Bonchev–Trinajstić information content (AvgIpc) is 3.36. The fourth-order valence-corrected chi connectivity index (χ4v) is 8.92. The minimum atomic E-state index is -0.539. The molecule has 0 aromatic carbocycles. The zero-order valence-electron chi connectivity index (χ0n) is 26.2. The normalized spacial score (nSPS) is 24.7. The molecule has 11 nitrogen and oxygen atoms in total. The summed E-state index contributed by atoms with van der Waals surface area (Å²) in [4.78, 5) is 30.1. The number of piperazine rings is 1. The molecule has 5 heterocycles. The lowest BCUT2D eigenvalue weighted by molar-refractivity contribution is -0.129. The van der Waals surface area contributed by atoms with Crippen LogP contribution in [0.15, 0.2) is 29.3 Å². The van der Waals surface area contributed by atoms with E-state index in [-0.39, 0.29) is 17.6 Å². The Kier molecular flexibility index (Phi) is 7.36. The zero-order chi connectivity index (χ0) is 31.5. The maximum Gasteiger partial charge on any atom is 0.246 e. The second kappa shape index (κ2) is 11.1. The molecule has 1 spiro atoms. The highest BCUT2D eigenvalue weighted by molar-refractivity contribution is 7.16. The zero-order valence-corrected chi connectivity index (χ0v) is 27.0. The van der Waals surface area contributed by atoms with Crippen molar-refractivity contribution in [2.75, 3.05) is 43.9 Å². The molecule has 0 unspecified atom stereocenters. The van der Waals surface area contributed by atoms with Crippen LogP contribution in [0.1, 0.15) is 74.1 Å². The van der Waals surface area contributed by atoms with E-state index in [4.69, 9.17) is 25.0 Å². The first-order chi connectivity index (χ1) is 21.7. The van der Waals surface area contributed by atoms with Gasteiger partial charge in [-0.3, -0.25) is 9.69 Å². The molecule has 3 atom stereocenters. The number of fused-ring (bicyclic) bond motifs is 1. The monoisotopic (exact) mass is 628 g/mol. The molecule has 2 saturated heterocycles. The number of aromatic nitrogens is 3. The van der Waals surface area contributed by atoms with Gasteiger partial charge in [0.15, 0.2) is 11.5 Å². The van der Waals surface area contributed by atoms with Crippen molar-refractivity contribution in [3.05, 3.63) is 46.6 Å². The highest BCUT2D eigenvalue weighted by Crippen LogP contribution is 2.49. The third kappa shape index (κ3) is 5.06. The van der Waals surface area contributed by atoms with Gasteiger partial charge >= 0.3 is 0 Å². The molecule has 2 aliphatic heterocycles. The average molecular weight is 629 g/mol.